The molecule has 2 N–H and O–H groups in total. The van der Waals surface area contributed by atoms with Gasteiger partial charge in [0.15, 0.2) is 0 Å². The molecule has 0 saturated carbocycles. The molecule has 0 radical (unpaired) electrons. The number of fused-ring (bicyclic) bond motifs is 2. The summed E-state index contributed by atoms with van der Waals surface area (Å²) < 4.78 is 14.0. The number of thiophene rings is 1. The third-order valence-electron chi connectivity index (χ3n) is 6.09. The van der Waals surface area contributed by atoms with Crippen LogP contribution in [0.5, 0.6) is 0 Å². The highest BCUT2D eigenvalue weighted by Crippen LogP contribution is 2.51. The summed E-state index contributed by atoms with van der Waals surface area (Å²) in [5.74, 6) is 0.796. The zero-order valence-corrected chi connectivity index (χ0v) is 18.6. The SMILES string of the molecule is Cc1noc(C)c1Cn1cc([C@@H]2C[C@]3(C[C@H](C)N2)OC[C@@H](O)c2cc(Cl)sc23)nn1. The maximum absolute atomic E-state index is 10.4. The maximum Gasteiger partial charge on any atom is 0.138 e. The molecule has 0 amide bonds. The number of nitrogens with zero attached hydrogens (tertiary/aromatic N) is 4. The van der Waals surface area contributed by atoms with Gasteiger partial charge in [-0.3, -0.25) is 0 Å². The number of rotatable bonds is 3. The smallest absolute Gasteiger partial charge is 0.138 e. The standard InChI is InChI=1S/C20H24ClN5O3S/c1-10-5-20(19-13(4-18(21)30-19)17(27)9-28-20)6-15(22-10)16-8-26(25-23-16)7-14-11(2)24-29-12(14)3/h4,8,10,15,17,22,27H,5-7,9H2,1-3H3/t10-,15-,17+,20-/m0/s1. The number of hydrogen-bond donors (Lipinski definition) is 2. The Labute approximate surface area is 183 Å². The van der Waals surface area contributed by atoms with Crippen LogP contribution in [0.1, 0.15) is 65.1 Å². The fraction of sp³-hybridized carbons (Fsp3) is 0.550. The van der Waals surface area contributed by atoms with Gasteiger partial charge in [0, 0.05) is 28.5 Å². The normalized spacial score (nSPS) is 28.8. The molecule has 1 spiro atoms. The molecule has 10 heteroatoms. The van der Waals surface area contributed by atoms with E-state index in [1.54, 1.807) is 0 Å². The quantitative estimate of drug-likeness (QED) is 0.632. The topological polar surface area (TPSA) is 98.2 Å². The molecule has 2 aliphatic rings. The second kappa shape index (κ2) is 7.42. The van der Waals surface area contributed by atoms with E-state index in [1.165, 1.54) is 11.3 Å². The molecule has 2 aliphatic heterocycles. The van der Waals surface area contributed by atoms with E-state index in [1.807, 2.05) is 30.8 Å². The highest BCUT2D eigenvalue weighted by atomic mass is 35.5. The molecule has 0 aliphatic carbocycles. The first-order chi connectivity index (χ1) is 14.3. The van der Waals surface area contributed by atoms with Crippen LogP contribution in [0, 0.1) is 13.8 Å². The lowest BCUT2D eigenvalue weighted by atomic mass is 9.79. The monoisotopic (exact) mass is 449 g/mol. The Hall–Kier alpha value is -1.78. The van der Waals surface area contributed by atoms with E-state index in [9.17, 15) is 5.11 Å². The van der Waals surface area contributed by atoms with Gasteiger partial charge in [-0.05, 0) is 33.3 Å². The Morgan fingerprint density at radius 2 is 2.23 bits per heavy atom. The lowest BCUT2D eigenvalue weighted by molar-refractivity contribution is -0.129. The van der Waals surface area contributed by atoms with Crippen LogP contribution in [-0.4, -0.2) is 37.9 Å². The van der Waals surface area contributed by atoms with Crippen molar-refractivity contribution < 1.29 is 14.4 Å². The molecular formula is C20H24ClN5O3S. The molecule has 3 aromatic rings. The van der Waals surface area contributed by atoms with E-state index in [0.717, 1.165) is 39.6 Å². The van der Waals surface area contributed by atoms with Gasteiger partial charge in [0.05, 0.1) is 41.1 Å². The number of halogens is 1. The van der Waals surface area contributed by atoms with Crippen LogP contribution in [0.2, 0.25) is 4.34 Å². The Morgan fingerprint density at radius 3 is 3.00 bits per heavy atom. The number of aromatic nitrogens is 4. The molecule has 8 nitrogen and oxygen atoms in total. The lowest BCUT2D eigenvalue weighted by Crippen LogP contribution is -2.50. The number of aliphatic hydroxyl groups is 1. The van der Waals surface area contributed by atoms with Gasteiger partial charge in [0.1, 0.15) is 17.5 Å². The number of nitrogens with one attached hydrogen (secondary N) is 1. The summed E-state index contributed by atoms with van der Waals surface area (Å²) in [6.45, 7) is 6.81. The number of piperidine rings is 1. The Kier molecular flexibility index (Phi) is 4.98. The molecule has 0 bridgehead atoms. The Balaban J connectivity index is 1.43. The fourth-order valence-corrected chi connectivity index (χ4v) is 6.13. The summed E-state index contributed by atoms with van der Waals surface area (Å²) in [5.41, 5.74) is 3.17. The predicted octanol–water partition coefficient (Wildman–Crippen LogP) is 3.42. The fourth-order valence-electron chi connectivity index (χ4n) is 4.67. The van der Waals surface area contributed by atoms with E-state index in [4.69, 9.17) is 20.9 Å². The summed E-state index contributed by atoms with van der Waals surface area (Å²) in [4.78, 5) is 1.03. The lowest BCUT2D eigenvalue weighted by Gasteiger charge is -2.46. The van der Waals surface area contributed by atoms with Crippen molar-refractivity contribution in [3.63, 3.8) is 0 Å². The van der Waals surface area contributed by atoms with Crippen molar-refractivity contribution in [2.75, 3.05) is 6.61 Å². The molecule has 1 fully saturated rings. The van der Waals surface area contributed by atoms with Crippen molar-refractivity contribution in [3.8, 4) is 0 Å². The molecule has 0 aromatic carbocycles. The predicted molar refractivity (Wildman–Crippen MR) is 112 cm³/mol. The van der Waals surface area contributed by atoms with E-state index in [0.29, 0.717) is 17.3 Å². The van der Waals surface area contributed by atoms with E-state index in [2.05, 4.69) is 27.7 Å². The molecule has 5 heterocycles. The largest absolute Gasteiger partial charge is 0.386 e. The van der Waals surface area contributed by atoms with Crippen LogP contribution in [0.15, 0.2) is 16.8 Å². The third kappa shape index (κ3) is 3.38. The second-order valence-electron chi connectivity index (χ2n) is 8.33. The first-order valence-corrected chi connectivity index (χ1v) is 11.2. The number of aliphatic hydroxyl groups excluding tert-OH is 1. The maximum atomic E-state index is 10.4. The summed E-state index contributed by atoms with van der Waals surface area (Å²) in [5, 5.41) is 26.8. The van der Waals surface area contributed by atoms with Crippen LogP contribution < -0.4 is 5.32 Å². The van der Waals surface area contributed by atoms with E-state index in [-0.39, 0.29) is 18.7 Å². The zero-order valence-electron chi connectivity index (χ0n) is 17.1. The second-order valence-corrected chi connectivity index (χ2v) is 10.0. The molecule has 30 heavy (non-hydrogen) atoms. The molecular weight excluding hydrogens is 426 g/mol. The highest BCUT2D eigenvalue weighted by Gasteiger charge is 2.48. The number of ether oxygens (including phenoxy) is 1. The minimum atomic E-state index is -0.631. The first kappa shape index (κ1) is 20.1. The van der Waals surface area contributed by atoms with Crippen molar-refractivity contribution in [2.24, 2.45) is 0 Å². The number of hydrogen-bond acceptors (Lipinski definition) is 8. The molecule has 5 rings (SSSR count). The van der Waals surface area contributed by atoms with Crippen molar-refractivity contribution in [3.05, 3.63) is 49.8 Å². The van der Waals surface area contributed by atoms with Gasteiger partial charge >= 0.3 is 0 Å². The summed E-state index contributed by atoms with van der Waals surface area (Å²) in [6.07, 6.45) is 2.86. The van der Waals surface area contributed by atoms with E-state index >= 15 is 0 Å². The number of aryl methyl sites for hydroxylation is 2. The van der Waals surface area contributed by atoms with Crippen LogP contribution in [-0.2, 0) is 16.9 Å². The van der Waals surface area contributed by atoms with Crippen molar-refractivity contribution >= 4 is 22.9 Å². The summed E-state index contributed by atoms with van der Waals surface area (Å²) >= 11 is 7.81. The molecule has 3 aromatic heterocycles. The average Bonchev–Trinajstić information content (AvgIpc) is 3.41. The van der Waals surface area contributed by atoms with Crippen LogP contribution >= 0.6 is 22.9 Å². The summed E-state index contributed by atoms with van der Waals surface area (Å²) in [7, 11) is 0. The minimum Gasteiger partial charge on any atom is -0.386 e. The molecule has 4 atom stereocenters. The minimum absolute atomic E-state index is 0.0175. The van der Waals surface area contributed by atoms with Gasteiger partial charge in [0.25, 0.3) is 0 Å². The van der Waals surface area contributed by atoms with Gasteiger partial charge in [-0.25, -0.2) is 4.68 Å². The average molecular weight is 450 g/mol. The van der Waals surface area contributed by atoms with Crippen molar-refractivity contribution in [1.29, 1.82) is 0 Å². The van der Waals surface area contributed by atoms with Crippen molar-refractivity contribution in [1.82, 2.24) is 25.5 Å². The Morgan fingerprint density at radius 1 is 1.40 bits per heavy atom. The Bertz CT molecular complexity index is 1060. The zero-order chi connectivity index (χ0) is 21.0. The van der Waals surface area contributed by atoms with Gasteiger partial charge < -0.3 is 19.7 Å². The van der Waals surface area contributed by atoms with Crippen LogP contribution in [0.25, 0.3) is 0 Å². The van der Waals surface area contributed by atoms with Gasteiger partial charge in [0.2, 0.25) is 0 Å². The summed E-state index contributed by atoms with van der Waals surface area (Å²) in [6, 6.07) is 2.06. The molecule has 1 saturated heterocycles. The van der Waals surface area contributed by atoms with Gasteiger partial charge in [-0.1, -0.05) is 22.0 Å². The first-order valence-electron chi connectivity index (χ1n) is 10.0. The molecule has 160 valence electrons. The van der Waals surface area contributed by atoms with Gasteiger partial charge in [-0.2, -0.15) is 0 Å². The van der Waals surface area contributed by atoms with Gasteiger partial charge in [-0.15, -0.1) is 16.4 Å². The molecule has 0 unspecified atom stereocenters. The van der Waals surface area contributed by atoms with Crippen LogP contribution in [0.3, 0.4) is 0 Å². The van der Waals surface area contributed by atoms with Crippen LogP contribution in [0.4, 0.5) is 0 Å². The van der Waals surface area contributed by atoms with Crippen molar-refractivity contribution in [2.45, 2.75) is 63.9 Å². The third-order valence-corrected chi connectivity index (χ3v) is 7.56. The van der Waals surface area contributed by atoms with E-state index < -0.39 is 11.7 Å². The highest BCUT2D eigenvalue weighted by molar-refractivity contribution is 7.16.